The normalized spacial score (nSPS) is 11.0. The molecule has 0 aliphatic heterocycles. The summed E-state index contributed by atoms with van der Waals surface area (Å²) in [5.74, 6) is 2.85. The first-order chi connectivity index (χ1) is 9.99. The zero-order valence-corrected chi connectivity index (χ0v) is 13.3. The molecule has 4 nitrogen and oxygen atoms in total. The quantitative estimate of drug-likeness (QED) is 0.898. The minimum absolute atomic E-state index is 0.179. The van der Waals surface area contributed by atoms with E-state index in [0.717, 1.165) is 28.6 Å². The zero-order chi connectivity index (χ0) is 15.4. The van der Waals surface area contributed by atoms with E-state index >= 15 is 0 Å². The predicted octanol–water partition coefficient (Wildman–Crippen LogP) is 4.10. The summed E-state index contributed by atoms with van der Waals surface area (Å²) in [5, 5.41) is 3.09. The number of ether oxygens (including phenoxy) is 1. The maximum absolute atomic E-state index is 5.67. The van der Waals surface area contributed by atoms with Gasteiger partial charge in [-0.1, -0.05) is 13.8 Å². The van der Waals surface area contributed by atoms with E-state index in [1.807, 2.05) is 51.2 Å². The molecule has 0 saturated heterocycles. The number of rotatable bonds is 5. The van der Waals surface area contributed by atoms with Crippen LogP contribution in [0.5, 0.6) is 5.75 Å². The van der Waals surface area contributed by atoms with Crippen molar-refractivity contribution < 1.29 is 4.74 Å². The van der Waals surface area contributed by atoms with E-state index in [-0.39, 0.29) is 6.10 Å². The lowest BCUT2D eigenvalue weighted by Gasteiger charge is -2.12. The van der Waals surface area contributed by atoms with Gasteiger partial charge in [0.05, 0.1) is 11.8 Å². The molecule has 1 heterocycles. The lowest BCUT2D eigenvalue weighted by atomic mass is 10.1. The molecule has 0 fully saturated rings. The Labute approximate surface area is 126 Å². The van der Waals surface area contributed by atoms with Crippen LogP contribution in [0.25, 0.3) is 11.3 Å². The lowest BCUT2D eigenvalue weighted by Crippen LogP contribution is -2.05. The smallest absolute Gasteiger partial charge is 0.133 e. The van der Waals surface area contributed by atoms with Gasteiger partial charge in [-0.05, 0) is 38.1 Å². The number of hydrogen-bond donors (Lipinski definition) is 1. The summed E-state index contributed by atoms with van der Waals surface area (Å²) in [6, 6.07) is 9.98. The summed E-state index contributed by atoms with van der Waals surface area (Å²) in [6.45, 7) is 8.23. The standard InChI is InChI=1S/C17H23N3O/c1-11(2)17-19-15(10-16(18-5)20-17)13-6-8-14(9-7-13)21-12(3)4/h6-12H,1-5H3,(H,18,19,20). The Balaban J connectivity index is 2.34. The second-order valence-corrected chi connectivity index (χ2v) is 5.59. The fourth-order valence-electron chi connectivity index (χ4n) is 1.98. The van der Waals surface area contributed by atoms with Gasteiger partial charge in [0.15, 0.2) is 0 Å². The molecule has 0 atom stereocenters. The third-order valence-corrected chi connectivity index (χ3v) is 3.04. The molecule has 2 aromatic rings. The molecular weight excluding hydrogens is 262 g/mol. The molecule has 0 amide bonds. The van der Waals surface area contributed by atoms with Crippen molar-refractivity contribution in [3.63, 3.8) is 0 Å². The first-order valence-corrected chi connectivity index (χ1v) is 7.33. The molecular formula is C17H23N3O. The second-order valence-electron chi connectivity index (χ2n) is 5.59. The molecule has 0 unspecified atom stereocenters. The maximum Gasteiger partial charge on any atom is 0.133 e. The number of aromatic nitrogens is 2. The maximum atomic E-state index is 5.67. The number of anilines is 1. The van der Waals surface area contributed by atoms with Gasteiger partial charge < -0.3 is 10.1 Å². The first-order valence-electron chi connectivity index (χ1n) is 7.33. The summed E-state index contributed by atoms with van der Waals surface area (Å²) >= 11 is 0. The molecule has 0 bridgehead atoms. The number of nitrogens with zero attached hydrogens (tertiary/aromatic N) is 2. The van der Waals surface area contributed by atoms with Crippen LogP contribution in [0.15, 0.2) is 30.3 Å². The van der Waals surface area contributed by atoms with Gasteiger partial charge in [0.2, 0.25) is 0 Å². The fraction of sp³-hybridized carbons (Fsp3) is 0.412. The van der Waals surface area contributed by atoms with Crippen LogP contribution in [0.4, 0.5) is 5.82 Å². The van der Waals surface area contributed by atoms with Gasteiger partial charge in [0.25, 0.3) is 0 Å². The van der Waals surface area contributed by atoms with E-state index in [9.17, 15) is 0 Å². The number of nitrogens with one attached hydrogen (secondary N) is 1. The molecule has 2 rings (SSSR count). The van der Waals surface area contributed by atoms with Crippen LogP contribution in [0, 0.1) is 0 Å². The Bertz CT molecular complexity index is 591. The molecule has 0 aliphatic carbocycles. The highest BCUT2D eigenvalue weighted by molar-refractivity contribution is 5.63. The third kappa shape index (κ3) is 3.94. The summed E-state index contributed by atoms with van der Waals surface area (Å²) in [7, 11) is 1.87. The minimum Gasteiger partial charge on any atom is -0.491 e. The SMILES string of the molecule is CNc1cc(-c2ccc(OC(C)C)cc2)nc(C(C)C)n1. The van der Waals surface area contributed by atoms with Crippen LogP contribution in [-0.4, -0.2) is 23.1 Å². The van der Waals surface area contributed by atoms with Crippen molar-refractivity contribution in [1.29, 1.82) is 0 Å². The monoisotopic (exact) mass is 285 g/mol. The van der Waals surface area contributed by atoms with Crippen LogP contribution < -0.4 is 10.1 Å². The second kappa shape index (κ2) is 6.57. The fourth-order valence-corrected chi connectivity index (χ4v) is 1.98. The van der Waals surface area contributed by atoms with Gasteiger partial charge in [0.1, 0.15) is 17.4 Å². The highest BCUT2D eigenvalue weighted by Gasteiger charge is 2.09. The van der Waals surface area contributed by atoms with Crippen molar-refractivity contribution in [3.05, 3.63) is 36.2 Å². The van der Waals surface area contributed by atoms with Gasteiger partial charge in [-0.2, -0.15) is 0 Å². The van der Waals surface area contributed by atoms with E-state index < -0.39 is 0 Å². The minimum atomic E-state index is 0.179. The molecule has 1 aromatic carbocycles. The molecule has 0 spiro atoms. The Morgan fingerprint density at radius 2 is 1.67 bits per heavy atom. The molecule has 0 saturated carbocycles. The summed E-state index contributed by atoms with van der Waals surface area (Å²) in [4.78, 5) is 9.14. The summed E-state index contributed by atoms with van der Waals surface area (Å²) in [5.41, 5.74) is 1.99. The van der Waals surface area contributed by atoms with Crippen molar-refractivity contribution in [2.75, 3.05) is 12.4 Å². The van der Waals surface area contributed by atoms with E-state index in [4.69, 9.17) is 4.74 Å². The zero-order valence-electron chi connectivity index (χ0n) is 13.3. The van der Waals surface area contributed by atoms with Crippen molar-refractivity contribution in [3.8, 4) is 17.0 Å². The third-order valence-electron chi connectivity index (χ3n) is 3.04. The van der Waals surface area contributed by atoms with E-state index in [2.05, 4.69) is 29.1 Å². The van der Waals surface area contributed by atoms with Crippen molar-refractivity contribution >= 4 is 5.82 Å². The largest absolute Gasteiger partial charge is 0.491 e. The van der Waals surface area contributed by atoms with E-state index in [0.29, 0.717) is 5.92 Å². The van der Waals surface area contributed by atoms with Crippen LogP contribution in [0.1, 0.15) is 39.4 Å². The summed E-state index contributed by atoms with van der Waals surface area (Å²) in [6.07, 6.45) is 0.179. The predicted molar refractivity (Wildman–Crippen MR) is 86.9 cm³/mol. The van der Waals surface area contributed by atoms with Crippen molar-refractivity contribution in [2.24, 2.45) is 0 Å². The lowest BCUT2D eigenvalue weighted by molar-refractivity contribution is 0.242. The molecule has 1 aromatic heterocycles. The number of hydrogen-bond acceptors (Lipinski definition) is 4. The molecule has 112 valence electrons. The molecule has 0 aliphatic rings. The van der Waals surface area contributed by atoms with Gasteiger partial charge >= 0.3 is 0 Å². The van der Waals surface area contributed by atoms with Crippen LogP contribution in [0.2, 0.25) is 0 Å². The molecule has 1 N–H and O–H groups in total. The molecule has 0 radical (unpaired) electrons. The Morgan fingerprint density at radius 1 is 1.00 bits per heavy atom. The summed E-state index contributed by atoms with van der Waals surface area (Å²) < 4.78 is 5.67. The van der Waals surface area contributed by atoms with Crippen molar-refractivity contribution in [1.82, 2.24) is 9.97 Å². The van der Waals surface area contributed by atoms with Crippen LogP contribution >= 0.6 is 0 Å². The first kappa shape index (κ1) is 15.3. The Kier molecular flexibility index (Phi) is 4.78. The van der Waals surface area contributed by atoms with Gasteiger partial charge in [-0.3, -0.25) is 0 Å². The highest BCUT2D eigenvalue weighted by atomic mass is 16.5. The van der Waals surface area contributed by atoms with Crippen molar-refractivity contribution in [2.45, 2.75) is 39.7 Å². The Hall–Kier alpha value is -2.10. The average molecular weight is 285 g/mol. The van der Waals surface area contributed by atoms with Gasteiger partial charge in [-0.25, -0.2) is 9.97 Å². The number of benzene rings is 1. The van der Waals surface area contributed by atoms with E-state index in [1.54, 1.807) is 0 Å². The van der Waals surface area contributed by atoms with Crippen LogP contribution in [-0.2, 0) is 0 Å². The molecule has 4 heteroatoms. The average Bonchev–Trinajstić information content (AvgIpc) is 2.46. The van der Waals surface area contributed by atoms with Gasteiger partial charge in [-0.15, -0.1) is 0 Å². The van der Waals surface area contributed by atoms with Crippen LogP contribution in [0.3, 0.4) is 0 Å². The van der Waals surface area contributed by atoms with Gasteiger partial charge in [0, 0.05) is 24.6 Å². The highest BCUT2D eigenvalue weighted by Crippen LogP contribution is 2.24. The van der Waals surface area contributed by atoms with E-state index in [1.165, 1.54) is 0 Å². The Morgan fingerprint density at radius 3 is 2.19 bits per heavy atom. The topological polar surface area (TPSA) is 47.0 Å². The molecule has 21 heavy (non-hydrogen) atoms.